The van der Waals surface area contributed by atoms with E-state index in [1.165, 1.54) is 24.9 Å². The minimum Gasteiger partial charge on any atom is -0.485 e. The third-order valence-corrected chi connectivity index (χ3v) is 9.26. The van der Waals surface area contributed by atoms with Crippen molar-refractivity contribution in [1.82, 2.24) is 29.7 Å². The second-order valence-electron chi connectivity index (χ2n) is 11.6. The summed E-state index contributed by atoms with van der Waals surface area (Å²) in [7, 11) is -2.68. The molecule has 0 spiro atoms. The normalized spacial score (nSPS) is 25.3. The van der Waals surface area contributed by atoms with Crippen LogP contribution in [0.5, 0.6) is 5.88 Å². The number of imidazole rings is 1. The molecule has 2 aromatic heterocycles. The molecule has 0 saturated carbocycles. The van der Waals surface area contributed by atoms with E-state index in [0.717, 1.165) is 0 Å². The zero-order chi connectivity index (χ0) is 32.3. The number of aliphatic hydroxyl groups excluding tert-OH is 1. The second-order valence-corrected chi connectivity index (χ2v) is 14.4. The number of nitrogens with zero attached hydrogens (tertiary/aromatic N) is 4. The van der Waals surface area contributed by atoms with E-state index in [2.05, 4.69) is 37.8 Å². The molecule has 242 valence electrons. The van der Waals surface area contributed by atoms with E-state index in [1.807, 2.05) is 27.7 Å². The van der Waals surface area contributed by atoms with Gasteiger partial charge in [0.2, 0.25) is 16.9 Å². The number of hydrogen-bond acceptors (Lipinski definition) is 13. The highest BCUT2D eigenvalue weighted by molar-refractivity contribution is 7.96. The lowest BCUT2D eigenvalue weighted by atomic mass is 9.96. The highest BCUT2D eigenvalue weighted by atomic mass is 32.1. The van der Waals surface area contributed by atoms with Crippen LogP contribution in [0.3, 0.4) is 0 Å². The Labute approximate surface area is 261 Å². The van der Waals surface area contributed by atoms with E-state index in [4.69, 9.17) is 36.7 Å². The van der Waals surface area contributed by atoms with Crippen molar-refractivity contribution < 1.29 is 38.3 Å². The molecule has 1 saturated heterocycles. The Morgan fingerprint density at radius 3 is 2.49 bits per heavy atom. The lowest BCUT2D eigenvalue weighted by Crippen LogP contribution is -2.45. The maximum atomic E-state index is 14.2. The first-order valence-corrected chi connectivity index (χ1v) is 16.2. The van der Waals surface area contributed by atoms with E-state index in [0.29, 0.717) is 13.0 Å². The van der Waals surface area contributed by atoms with Gasteiger partial charge in [-0.15, -0.1) is 12.6 Å². The van der Waals surface area contributed by atoms with Crippen molar-refractivity contribution in [3.8, 4) is 5.88 Å². The largest absolute Gasteiger partial charge is 0.485 e. The number of hydrogen-bond donors (Lipinski definition) is 6. The number of aliphatic hydroxyl groups is 2. The van der Waals surface area contributed by atoms with Gasteiger partial charge in [-0.05, 0) is 37.4 Å². The van der Waals surface area contributed by atoms with Crippen molar-refractivity contribution in [1.29, 1.82) is 0 Å². The van der Waals surface area contributed by atoms with Crippen molar-refractivity contribution in [2.24, 2.45) is 5.41 Å². The number of carbonyl (C=O) groups is 1. The molecule has 1 fully saturated rings. The molecular formula is C25H42N7O8PS2. The number of rotatable bonds is 14. The molecule has 15 nitrogen and oxygen atoms in total. The third-order valence-electron chi connectivity index (χ3n) is 6.73. The number of aromatic nitrogens is 4. The summed E-state index contributed by atoms with van der Waals surface area (Å²) >= 11 is 9.37. The van der Waals surface area contributed by atoms with E-state index in [1.54, 1.807) is 6.92 Å². The highest BCUT2D eigenvalue weighted by Crippen LogP contribution is 2.44. The SMILES string of the molecule is CC[C@H](NP(=O)(N[C@@H](CC)C(=S)OCC(C)(C)C)OC[C@H]1O[C@@H](n2cnc3c(OC)nc(N)nc32)[C@](C)(O)[C@@H]1O)C(=O)S. The van der Waals surface area contributed by atoms with E-state index in [-0.39, 0.29) is 39.9 Å². The van der Waals surface area contributed by atoms with Gasteiger partial charge < -0.3 is 34.7 Å². The van der Waals surface area contributed by atoms with Gasteiger partial charge in [0.05, 0.1) is 38.7 Å². The summed E-state index contributed by atoms with van der Waals surface area (Å²) in [5, 5.41) is 27.6. The summed E-state index contributed by atoms with van der Waals surface area (Å²) in [5.74, 6) is 0.0258. The van der Waals surface area contributed by atoms with Crippen molar-refractivity contribution in [3.63, 3.8) is 0 Å². The van der Waals surface area contributed by atoms with Gasteiger partial charge in [0.15, 0.2) is 22.4 Å². The number of nitrogen functional groups attached to an aromatic ring is 1. The Morgan fingerprint density at radius 2 is 1.93 bits per heavy atom. The maximum absolute atomic E-state index is 14.2. The molecule has 1 aliphatic rings. The molecule has 1 aliphatic heterocycles. The molecule has 2 aromatic rings. The minimum atomic E-state index is -4.08. The Morgan fingerprint density at radius 1 is 1.30 bits per heavy atom. The van der Waals surface area contributed by atoms with Gasteiger partial charge in [-0.3, -0.25) is 13.9 Å². The van der Waals surface area contributed by atoms with Gasteiger partial charge in [0.1, 0.15) is 17.8 Å². The summed E-state index contributed by atoms with van der Waals surface area (Å²) in [6.07, 6.45) is -1.88. The van der Waals surface area contributed by atoms with Gasteiger partial charge in [-0.25, -0.2) is 15.2 Å². The van der Waals surface area contributed by atoms with Crippen molar-refractivity contribution in [2.75, 3.05) is 26.1 Å². The fourth-order valence-corrected chi connectivity index (χ4v) is 7.04. The summed E-state index contributed by atoms with van der Waals surface area (Å²) in [6.45, 7) is 10.8. The maximum Gasteiger partial charge on any atom is 0.342 e. The van der Waals surface area contributed by atoms with Crippen LogP contribution in [0, 0.1) is 5.41 Å². The molecule has 43 heavy (non-hydrogen) atoms. The number of nitrogens with one attached hydrogen (secondary N) is 2. The number of nitrogens with two attached hydrogens (primary N) is 1. The average Bonchev–Trinajstić information content (AvgIpc) is 3.44. The van der Waals surface area contributed by atoms with Gasteiger partial charge in [-0.1, -0.05) is 34.6 Å². The molecule has 0 aliphatic carbocycles. The molecule has 6 N–H and O–H groups in total. The molecule has 3 heterocycles. The molecule has 1 unspecified atom stereocenters. The van der Waals surface area contributed by atoms with Crippen molar-refractivity contribution in [3.05, 3.63) is 6.33 Å². The zero-order valence-electron chi connectivity index (χ0n) is 25.3. The van der Waals surface area contributed by atoms with Crippen LogP contribution in [0.25, 0.3) is 11.2 Å². The second kappa shape index (κ2) is 14.0. The topological polar surface area (TPSA) is 205 Å². The van der Waals surface area contributed by atoms with Gasteiger partial charge in [-0.2, -0.15) is 9.97 Å². The third kappa shape index (κ3) is 8.41. The average molecular weight is 664 g/mol. The van der Waals surface area contributed by atoms with Crippen LogP contribution < -0.4 is 20.6 Å². The van der Waals surface area contributed by atoms with Crippen LogP contribution in [-0.4, -0.2) is 90.1 Å². The number of ether oxygens (including phenoxy) is 3. The Bertz CT molecular complexity index is 1350. The number of anilines is 1. The fraction of sp³-hybridized carbons (Fsp3) is 0.720. The number of thiol groups is 1. The quantitative estimate of drug-likeness (QED) is 0.0973. The molecular weight excluding hydrogens is 621 g/mol. The van der Waals surface area contributed by atoms with E-state index in [9.17, 15) is 19.6 Å². The molecule has 0 aromatic carbocycles. The van der Waals surface area contributed by atoms with E-state index < -0.39 is 55.5 Å². The Hall–Kier alpha value is -1.95. The zero-order valence-corrected chi connectivity index (χ0v) is 27.9. The van der Waals surface area contributed by atoms with Gasteiger partial charge >= 0.3 is 7.67 Å². The van der Waals surface area contributed by atoms with Crippen LogP contribution >= 0.6 is 32.5 Å². The van der Waals surface area contributed by atoms with Crippen LogP contribution in [0.15, 0.2) is 6.33 Å². The van der Waals surface area contributed by atoms with Crippen molar-refractivity contribution >= 4 is 59.8 Å². The van der Waals surface area contributed by atoms with Crippen molar-refractivity contribution in [2.45, 2.75) is 90.5 Å². The molecule has 0 radical (unpaired) electrons. The Kier molecular flexibility index (Phi) is 11.6. The first-order valence-electron chi connectivity index (χ1n) is 13.8. The van der Waals surface area contributed by atoms with Crippen LogP contribution in [0.4, 0.5) is 5.95 Å². The number of fused-ring (bicyclic) bond motifs is 1. The van der Waals surface area contributed by atoms with Crippen LogP contribution in [0.2, 0.25) is 0 Å². The molecule has 0 bridgehead atoms. The monoisotopic (exact) mass is 663 g/mol. The number of methoxy groups -OCH3 is 1. The fourth-order valence-electron chi connectivity index (χ4n) is 4.32. The number of thiocarbonyl (C=S) groups is 1. The predicted molar refractivity (Wildman–Crippen MR) is 167 cm³/mol. The first-order chi connectivity index (χ1) is 20.0. The van der Waals surface area contributed by atoms with Crippen LogP contribution in [0.1, 0.15) is 60.6 Å². The first kappa shape index (κ1) is 35.5. The molecule has 7 atom stereocenters. The summed E-state index contributed by atoms with van der Waals surface area (Å²) in [4.78, 5) is 24.6. The minimum absolute atomic E-state index is 0.0960. The summed E-state index contributed by atoms with van der Waals surface area (Å²) in [5.41, 5.74) is 4.24. The smallest absolute Gasteiger partial charge is 0.342 e. The highest BCUT2D eigenvalue weighted by Gasteiger charge is 2.54. The standard InChI is InChI=1S/C25H42N7O8PS2/c1-8-13(20(34)42)30-41(36,31-14(9-2)21(43)38-11-24(3,4)5)39-10-15-17(33)25(6,35)22(40-15)32-12-27-16-18(32)28-23(26)29-19(16)37-7/h12-15,17,22,33,35H,8-11H2,1-7H3,(H,34,42)(H2,26,28,29)(H2,30,31,36)/t13-,14-,15+,17+,22+,25+,41?/m0/s1. The van der Waals surface area contributed by atoms with Gasteiger partial charge in [0, 0.05) is 0 Å². The Balaban J connectivity index is 1.86. The summed E-state index contributed by atoms with van der Waals surface area (Å²) in [6, 6.07) is -1.61. The molecule has 18 heteroatoms. The van der Waals surface area contributed by atoms with E-state index >= 15 is 0 Å². The lowest BCUT2D eigenvalue weighted by Gasteiger charge is -2.30. The predicted octanol–water partition coefficient (Wildman–Crippen LogP) is 2.13. The van der Waals surface area contributed by atoms with Gasteiger partial charge in [0.25, 0.3) is 0 Å². The molecule has 3 rings (SSSR count). The van der Waals surface area contributed by atoms with Crippen LogP contribution in [-0.2, 0) is 23.4 Å². The number of carbonyl (C=O) groups excluding carboxylic acids is 1. The molecule has 0 amide bonds. The summed E-state index contributed by atoms with van der Waals surface area (Å²) < 4.78 is 38.4. The lowest BCUT2D eigenvalue weighted by molar-refractivity contribution is -0.112.